The monoisotopic (exact) mass is 343 g/mol. The van der Waals surface area contributed by atoms with E-state index in [1.807, 2.05) is 24.8 Å². The van der Waals surface area contributed by atoms with Crippen LogP contribution in [0.15, 0.2) is 11.6 Å². The first-order valence-electron chi connectivity index (χ1n) is 9.15. The van der Waals surface area contributed by atoms with Gasteiger partial charge in [0.1, 0.15) is 11.6 Å². The van der Waals surface area contributed by atoms with Crippen LogP contribution >= 0.6 is 0 Å². The summed E-state index contributed by atoms with van der Waals surface area (Å²) in [5.41, 5.74) is 3.33. The van der Waals surface area contributed by atoms with E-state index in [1.165, 1.54) is 6.42 Å². The summed E-state index contributed by atoms with van der Waals surface area (Å²) in [5, 5.41) is 9.53. The number of nitriles is 1. The molecule has 0 radical (unpaired) electrons. The summed E-state index contributed by atoms with van der Waals surface area (Å²) in [4.78, 5) is 14.6. The minimum atomic E-state index is -0.133. The molecule has 0 aromatic carbocycles. The van der Waals surface area contributed by atoms with Crippen LogP contribution in [0.4, 0.5) is 0 Å². The van der Waals surface area contributed by atoms with Crippen molar-refractivity contribution in [3.8, 4) is 6.07 Å². The van der Waals surface area contributed by atoms with E-state index < -0.39 is 0 Å². The molecule has 1 saturated heterocycles. The maximum atomic E-state index is 12.8. The highest BCUT2D eigenvalue weighted by atomic mass is 16.5. The molecule has 0 atom stereocenters. The molecule has 1 amide bonds. The Morgan fingerprint density at radius 3 is 2.48 bits per heavy atom. The average molecular weight is 343 g/mol. The molecule has 1 aliphatic rings. The van der Waals surface area contributed by atoms with Crippen LogP contribution in [0.2, 0.25) is 0 Å². The Kier molecular flexibility index (Phi) is 7.27. The standard InChI is InChI=1S/C20H29N3O2/c1-16-13-18(17(2)23(16)11-12-25-3)14-19(15-21)20(24)22-9-7-5-4-6-8-10-22/h13-14H,4-12H2,1-3H3. The molecular formula is C20H29N3O2. The first kappa shape index (κ1) is 19.3. The van der Waals surface area contributed by atoms with E-state index in [4.69, 9.17) is 4.74 Å². The van der Waals surface area contributed by atoms with Gasteiger partial charge in [0.05, 0.1) is 6.61 Å². The third-order valence-corrected chi connectivity index (χ3v) is 4.93. The van der Waals surface area contributed by atoms with Crippen LogP contribution < -0.4 is 0 Å². The lowest BCUT2D eigenvalue weighted by Gasteiger charge is -2.24. The number of aryl methyl sites for hydroxylation is 1. The molecule has 2 rings (SSSR count). The fourth-order valence-corrected chi connectivity index (χ4v) is 3.42. The third kappa shape index (κ3) is 4.96. The highest BCUT2D eigenvalue weighted by Crippen LogP contribution is 2.20. The van der Waals surface area contributed by atoms with Gasteiger partial charge in [0.2, 0.25) is 0 Å². The Balaban J connectivity index is 2.21. The molecule has 2 heterocycles. The second-order valence-electron chi connectivity index (χ2n) is 6.70. The predicted molar refractivity (Wildman–Crippen MR) is 99.0 cm³/mol. The number of nitrogens with zero attached hydrogens (tertiary/aromatic N) is 3. The molecule has 136 valence electrons. The van der Waals surface area contributed by atoms with Crippen molar-refractivity contribution in [3.05, 3.63) is 28.6 Å². The van der Waals surface area contributed by atoms with Gasteiger partial charge in [-0.2, -0.15) is 5.26 Å². The Hall–Kier alpha value is -2.06. The molecule has 1 aromatic heterocycles. The number of hydrogen-bond acceptors (Lipinski definition) is 3. The van der Waals surface area contributed by atoms with E-state index in [-0.39, 0.29) is 11.5 Å². The number of aromatic nitrogens is 1. The summed E-state index contributed by atoms with van der Waals surface area (Å²) in [6.45, 7) is 6.97. The number of methoxy groups -OCH3 is 1. The Morgan fingerprint density at radius 1 is 1.24 bits per heavy atom. The van der Waals surface area contributed by atoms with Gasteiger partial charge in [0.25, 0.3) is 5.91 Å². The zero-order valence-electron chi connectivity index (χ0n) is 15.7. The number of hydrogen-bond donors (Lipinski definition) is 0. The highest BCUT2D eigenvalue weighted by molar-refractivity contribution is 6.01. The normalized spacial score (nSPS) is 16.2. The molecule has 0 spiro atoms. The third-order valence-electron chi connectivity index (χ3n) is 4.93. The molecule has 0 N–H and O–H groups in total. The number of amides is 1. The number of likely N-dealkylation sites (tertiary alicyclic amines) is 1. The summed E-state index contributed by atoms with van der Waals surface area (Å²) in [6, 6.07) is 4.15. The van der Waals surface area contributed by atoms with Crippen LogP contribution in [-0.4, -0.2) is 42.2 Å². The lowest BCUT2D eigenvalue weighted by molar-refractivity contribution is -0.127. The fourth-order valence-electron chi connectivity index (χ4n) is 3.42. The molecule has 5 heteroatoms. The summed E-state index contributed by atoms with van der Waals surface area (Å²) in [5.74, 6) is -0.133. The summed E-state index contributed by atoms with van der Waals surface area (Å²) >= 11 is 0. The van der Waals surface area contributed by atoms with Crippen LogP contribution in [0.25, 0.3) is 6.08 Å². The van der Waals surface area contributed by atoms with Gasteiger partial charge in [0.15, 0.2) is 0 Å². The van der Waals surface area contributed by atoms with E-state index in [2.05, 4.69) is 10.6 Å². The van der Waals surface area contributed by atoms with Gasteiger partial charge in [-0.1, -0.05) is 19.3 Å². The van der Waals surface area contributed by atoms with E-state index in [1.54, 1.807) is 13.2 Å². The lowest BCUT2D eigenvalue weighted by Crippen LogP contribution is -2.34. The molecule has 5 nitrogen and oxygen atoms in total. The number of carbonyl (C=O) groups is 1. The molecule has 0 bridgehead atoms. The van der Waals surface area contributed by atoms with Gasteiger partial charge >= 0.3 is 0 Å². The Labute approximate surface area is 150 Å². The molecule has 25 heavy (non-hydrogen) atoms. The van der Waals surface area contributed by atoms with Gasteiger partial charge in [0, 0.05) is 38.1 Å². The summed E-state index contributed by atoms with van der Waals surface area (Å²) in [7, 11) is 1.69. The van der Waals surface area contributed by atoms with E-state index >= 15 is 0 Å². The first-order valence-corrected chi connectivity index (χ1v) is 9.15. The first-order chi connectivity index (χ1) is 12.1. The second-order valence-corrected chi connectivity index (χ2v) is 6.70. The average Bonchev–Trinajstić information content (AvgIpc) is 2.83. The highest BCUT2D eigenvalue weighted by Gasteiger charge is 2.19. The Morgan fingerprint density at radius 2 is 1.88 bits per heavy atom. The van der Waals surface area contributed by atoms with E-state index in [0.717, 1.165) is 62.3 Å². The zero-order chi connectivity index (χ0) is 18.2. The van der Waals surface area contributed by atoms with Gasteiger partial charge in [-0.3, -0.25) is 4.79 Å². The van der Waals surface area contributed by atoms with Crippen molar-refractivity contribution in [1.29, 1.82) is 5.26 Å². The topological polar surface area (TPSA) is 58.3 Å². The van der Waals surface area contributed by atoms with Crippen molar-refractivity contribution in [2.24, 2.45) is 0 Å². The molecular weight excluding hydrogens is 314 g/mol. The van der Waals surface area contributed by atoms with Gasteiger partial charge in [-0.15, -0.1) is 0 Å². The lowest BCUT2D eigenvalue weighted by atomic mass is 10.1. The van der Waals surface area contributed by atoms with Crippen molar-refractivity contribution < 1.29 is 9.53 Å². The number of rotatable bonds is 5. The molecule has 1 aromatic rings. The van der Waals surface area contributed by atoms with Crippen LogP contribution in [0.5, 0.6) is 0 Å². The van der Waals surface area contributed by atoms with Crippen molar-refractivity contribution >= 4 is 12.0 Å². The van der Waals surface area contributed by atoms with E-state index in [0.29, 0.717) is 6.61 Å². The van der Waals surface area contributed by atoms with E-state index in [9.17, 15) is 10.1 Å². The second kappa shape index (κ2) is 9.43. The van der Waals surface area contributed by atoms with Gasteiger partial charge in [-0.25, -0.2) is 0 Å². The SMILES string of the molecule is COCCn1c(C)cc(C=C(C#N)C(=O)N2CCCCCCC2)c1C. The van der Waals surface area contributed by atoms with Crippen molar-refractivity contribution in [1.82, 2.24) is 9.47 Å². The summed E-state index contributed by atoms with van der Waals surface area (Å²) < 4.78 is 7.32. The van der Waals surface area contributed by atoms with Crippen LogP contribution in [0.3, 0.4) is 0 Å². The Bertz CT molecular complexity index is 659. The number of carbonyl (C=O) groups excluding carboxylic acids is 1. The minimum Gasteiger partial charge on any atom is -0.383 e. The van der Waals surface area contributed by atoms with Crippen LogP contribution in [0.1, 0.15) is 49.1 Å². The maximum absolute atomic E-state index is 12.8. The maximum Gasteiger partial charge on any atom is 0.264 e. The fraction of sp³-hybridized carbons (Fsp3) is 0.600. The quantitative estimate of drug-likeness (QED) is 0.608. The van der Waals surface area contributed by atoms with Crippen LogP contribution in [-0.2, 0) is 16.1 Å². The van der Waals surface area contributed by atoms with Gasteiger partial charge in [-0.05, 0) is 44.4 Å². The molecule has 0 unspecified atom stereocenters. The zero-order valence-corrected chi connectivity index (χ0v) is 15.7. The summed E-state index contributed by atoms with van der Waals surface area (Å²) in [6.07, 6.45) is 7.36. The number of ether oxygens (including phenoxy) is 1. The minimum absolute atomic E-state index is 0.133. The van der Waals surface area contributed by atoms with Crippen molar-refractivity contribution in [2.45, 2.75) is 52.5 Å². The van der Waals surface area contributed by atoms with Crippen molar-refractivity contribution in [3.63, 3.8) is 0 Å². The predicted octanol–water partition coefficient (Wildman–Crippen LogP) is 3.45. The van der Waals surface area contributed by atoms with Crippen molar-refractivity contribution in [2.75, 3.05) is 26.8 Å². The van der Waals surface area contributed by atoms with Gasteiger partial charge < -0.3 is 14.2 Å². The van der Waals surface area contributed by atoms with Crippen LogP contribution in [0, 0.1) is 25.2 Å². The molecule has 1 aliphatic heterocycles. The largest absolute Gasteiger partial charge is 0.383 e. The smallest absolute Gasteiger partial charge is 0.264 e. The molecule has 0 aliphatic carbocycles. The molecule has 1 fully saturated rings. The molecule has 0 saturated carbocycles.